The molecule has 1 aromatic carbocycles. The largest absolute Gasteiger partial charge is 0.479 e. The second-order valence-corrected chi connectivity index (χ2v) is 7.34. The number of carbonyl (C=O) groups is 1. The van der Waals surface area contributed by atoms with E-state index in [4.69, 9.17) is 9.84 Å². The molecule has 0 saturated heterocycles. The summed E-state index contributed by atoms with van der Waals surface area (Å²) in [7, 11) is 0. The van der Waals surface area contributed by atoms with Gasteiger partial charge in [0.2, 0.25) is 0 Å². The van der Waals surface area contributed by atoms with E-state index in [1.165, 1.54) is 0 Å². The summed E-state index contributed by atoms with van der Waals surface area (Å²) >= 11 is 0. The minimum absolute atomic E-state index is 0.00810. The van der Waals surface area contributed by atoms with Crippen LogP contribution >= 0.6 is 0 Å². The maximum absolute atomic E-state index is 10.9. The molecule has 0 spiro atoms. The van der Waals surface area contributed by atoms with Crippen molar-refractivity contribution in [2.24, 2.45) is 0 Å². The first kappa shape index (κ1) is 16.5. The van der Waals surface area contributed by atoms with Gasteiger partial charge in [-0.2, -0.15) is 0 Å². The number of hydrogen-bond acceptors (Lipinski definition) is 2. The van der Waals surface area contributed by atoms with Crippen molar-refractivity contribution >= 4 is 5.97 Å². The van der Waals surface area contributed by atoms with Crippen molar-refractivity contribution in [1.29, 1.82) is 0 Å². The molecule has 0 heterocycles. The van der Waals surface area contributed by atoms with E-state index in [-0.39, 0.29) is 10.8 Å². The molecule has 0 bridgehead atoms. The second-order valence-electron chi connectivity index (χ2n) is 7.34. The number of hydrogen-bond donors (Lipinski definition) is 1. The molecule has 0 aliphatic rings. The maximum Gasteiger partial charge on any atom is 0.344 e. The Hall–Kier alpha value is -1.51. The van der Waals surface area contributed by atoms with Gasteiger partial charge in [0.05, 0.1) is 0 Å². The summed E-state index contributed by atoms with van der Waals surface area (Å²) in [5.74, 6) is -0.333. The number of carboxylic acid groups (broad SMARTS) is 1. The first-order chi connectivity index (χ1) is 8.91. The fourth-order valence-electron chi connectivity index (χ4n) is 1.79. The molecule has 1 rings (SSSR count). The summed E-state index contributed by atoms with van der Waals surface area (Å²) in [6.07, 6.45) is -0.849. The van der Waals surface area contributed by atoms with Crippen LogP contribution in [-0.2, 0) is 15.6 Å². The van der Waals surface area contributed by atoms with Gasteiger partial charge in [-0.05, 0) is 41.0 Å². The SMILES string of the molecule is C[C@@H](Oc1cc(C(C)(C)C)cc(C(C)(C)C)c1)C(=O)O. The van der Waals surface area contributed by atoms with Crippen LogP contribution in [0.4, 0.5) is 0 Å². The van der Waals surface area contributed by atoms with Crippen LogP contribution in [0.1, 0.15) is 59.6 Å². The number of carboxylic acids is 1. The molecule has 112 valence electrons. The molecule has 0 saturated carbocycles. The molecule has 0 amide bonds. The zero-order valence-corrected chi connectivity index (χ0v) is 13.6. The van der Waals surface area contributed by atoms with Crippen molar-refractivity contribution in [3.63, 3.8) is 0 Å². The Kier molecular flexibility index (Phi) is 4.52. The summed E-state index contributed by atoms with van der Waals surface area (Å²) in [6.45, 7) is 14.4. The zero-order chi connectivity index (χ0) is 15.7. The van der Waals surface area contributed by atoms with Gasteiger partial charge in [-0.25, -0.2) is 4.79 Å². The number of rotatable bonds is 3. The van der Waals surface area contributed by atoms with Gasteiger partial charge in [-0.15, -0.1) is 0 Å². The van der Waals surface area contributed by atoms with Gasteiger partial charge in [0.1, 0.15) is 5.75 Å². The van der Waals surface area contributed by atoms with Crippen LogP contribution in [0.3, 0.4) is 0 Å². The molecular weight excluding hydrogens is 252 g/mol. The van der Waals surface area contributed by atoms with E-state index in [1.54, 1.807) is 6.92 Å². The molecular formula is C17H26O3. The molecule has 20 heavy (non-hydrogen) atoms. The highest BCUT2D eigenvalue weighted by molar-refractivity contribution is 5.72. The van der Waals surface area contributed by atoms with E-state index in [1.807, 2.05) is 12.1 Å². The summed E-state index contributed by atoms with van der Waals surface area (Å²) < 4.78 is 5.55. The van der Waals surface area contributed by atoms with Gasteiger partial charge >= 0.3 is 5.97 Å². The van der Waals surface area contributed by atoms with Gasteiger partial charge in [-0.3, -0.25) is 0 Å². The Bertz CT molecular complexity index is 458. The molecule has 0 unspecified atom stereocenters. The minimum atomic E-state index is -0.955. The molecule has 1 N–H and O–H groups in total. The van der Waals surface area contributed by atoms with E-state index in [0.29, 0.717) is 5.75 Å². The summed E-state index contributed by atoms with van der Waals surface area (Å²) in [6, 6.07) is 6.06. The highest BCUT2D eigenvalue weighted by atomic mass is 16.5. The fraction of sp³-hybridized carbons (Fsp3) is 0.588. The first-order valence-electron chi connectivity index (χ1n) is 6.97. The molecule has 1 aromatic rings. The van der Waals surface area contributed by atoms with Crippen LogP contribution in [0.2, 0.25) is 0 Å². The third-order valence-electron chi connectivity index (χ3n) is 3.30. The van der Waals surface area contributed by atoms with Crippen molar-refractivity contribution in [2.45, 2.75) is 65.4 Å². The van der Waals surface area contributed by atoms with Crippen molar-refractivity contribution in [1.82, 2.24) is 0 Å². The summed E-state index contributed by atoms with van der Waals surface area (Å²) in [4.78, 5) is 10.9. The minimum Gasteiger partial charge on any atom is -0.479 e. The average Bonchev–Trinajstić information content (AvgIpc) is 2.26. The maximum atomic E-state index is 10.9. The molecule has 0 aliphatic carbocycles. The van der Waals surface area contributed by atoms with E-state index in [9.17, 15) is 4.79 Å². The molecule has 1 atom stereocenters. The highest BCUT2D eigenvalue weighted by Crippen LogP contribution is 2.33. The van der Waals surface area contributed by atoms with Crippen molar-refractivity contribution < 1.29 is 14.6 Å². The van der Waals surface area contributed by atoms with Gasteiger partial charge in [0.15, 0.2) is 6.10 Å². The van der Waals surface area contributed by atoms with Crippen LogP contribution in [0, 0.1) is 0 Å². The van der Waals surface area contributed by atoms with Gasteiger partial charge < -0.3 is 9.84 Å². The molecule has 0 radical (unpaired) electrons. The number of aliphatic carboxylic acids is 1. The molecule has 3 heteroatoms. The third-order valence-corrected chi connectivity index (χ3v) is 3.30. The summed E-state index contributed by atoms with van der Waals surface area (Å²) in [5.41, 5.74) is 2.28. The molecule has 0 fully saturated rings. The van der Waals surface area contributed by atoms with Gasteiger partial charge in [-0.1, -0.05) is 47.6 Å². The standard InChI is InChI=1S/C17H26O3/c1-11(15(18)19)20-14-9-12(16(2,3)4)8-13(10-14)17(5,6)7/h8-11H,1-7H3,(H,18,19)/t11-/m1/s1. The highest BCUT2D eigenvalue weighted by Gasteiger charge is 2.22. The van der Waals surface area contributed by atoms with E-state index in [2.05, 4.69) is 47.6 Å². The number of benzene rings is 1. The van der Waals surface area contributed by atoms with Crippen LogP contribution < -0.4 is 4.74 Å². The number of ether oxygens (including phenoxy) is 1. The lowest BCUT2D eigenvalue weighted by Crippen LogP contribution is -2.24. The van der Waals surface area contributed by atoms with E-state index < -0.39 is 12.1 Å². The van der Waals surface area contributed by atoms with Crippen LogP contribution in [-0.4, -0.2) is 17.2 Å². The average molecular weight is 278 g/mol. The molecule has 3 nitrogen and oxygen atoms in total. The summed E-state index contributed by atoms with van der Waals surface area (Å²) in [5, 5.41) is 8.98. The van der Waals surface area contributed by atoms with Gasteiger partial charge in [0.25, 0.3) is 0 Å². The Morgan fingerprint density at radius 2 is 1.40 bits per heavy atom. The predicted molar refractivity (Wildman–Crippen MR) is 81.6 cm³/mol. The first-order valence-corrected chi connectivity index (χ1v) is 6.97. The van der Waals surface area contributed by atoms with Crippen molar-refractivity contribution in [3.8, 4) is 5.75 Å². The Morgan fingerprint density at radius 3 is 1.70 bits per heavy atom. The monoisotopic (exact) mass is 278 g/mol. The lowest BCUT2D eigenvalue weighted by Gasteiger charge is -2.26. The predicted octanol–water partition coefficient (Wildman–Crippen LogP) is 4.13. The lowest BCUT2D eigenvalue weighted by atomic mass is 9.80. The second kappa shape index (κ2) is 5.47. The van der Waals surface area contributed by atoms with Crippen LogP contribution in [0.15, 0.2) is 18.2 Å². The third kappa shape index (κ3) is 4.26. The zero-order valence-electron chi connectivity index (χ0n) is 13.6. The topological polar surface area (TPSA) is 46.5 Å². The Labute approximate surface area is 122 Å². The quantitative estimate of drug-likeness (QED) is 0.904. The Balaban J connectivity index is 3.28. The van der Waals surface area contributed by atoms with Gasteiger partial charge in [0, 0.05) is 0 Å². The molecule has 0 aromatic heterocycles. The van der Waals surface area contributed by atoms with Crippen molar-refractivity contribution in [2.75, 3.05) is 0 Å². The normalized spacial score (nSPS) is 13.9. The lowest BCUT2D eigenvalue weighted by molar-refractivity contribution is -0.144. The Morgan fingerprint density at radius 1 is 1.00 bits per heavy atom. The van der Waals surface area contributed by atoms with Crippen LogP contribution in [0.25, 0.3) is 0 Å². The fourth-order valence-corrected chi connectivity index (χ4v) is 1.79. The van der Waals surface area contributed by atoms with Crippen molar-refractivity contribution in [3.05, 3.63) is 29.3 Å². The van der Waals surface area contributed by atoms with E-state index >= 15 is 0 Å². The van der Waals surface area contributed by atoms with E-state index in [0.717, 1.165) is 11.1 Å². The molecule has 0 aliphatic heterocycles. The smallest absolute Gasteiger partial charge is 0.344 e. The van der Waals surface area contributed by atoms with Crippen LogP contribution in [0.5, 0.6) is 5.75 Å².